The largest absolute Gasteiger partial charge is 0.394 e. The van der Waals surface area contributed by atoms with Crippen molar-refractivity contribution in [3.05, 3.63) is 12.7 Å². The summed E-state index contributed by atoms with van der Waals surface area (Å²) in [6, 6.07) is 0. The third kappa shape index (κ3) is 3.02. The van der Waals surface area contributed by atoms with Crippen LogP contribution in [0.15, 0.2) is 12.7 Å². The highest BCUT2D eigenvalue weighted by Crippen LogP contribution is 2.24. The van der Waals surface area contributed by atoms with E-state index >= 15 is 0 Å². The van der Waals surface area contributed by atoms with Crippen molar-refractivity contribution in [3.63, 3.8) is 0 Å². The van der Waals surface area contributed by atoms with E-state index in [1.165, 1.54) is 0 Å². The van der Waals surface area contributed by atoms with Crippen molar-refractivity contribution >= 4 is 0 Å². The minimum atomic E-state index is -1.26. The van der Waals surface area contributed by atoms with E-state index in [0.717, 1.165) is 12.8 Å². The molecule has 0 aromatic carbocycles. The van der Waals surface area contributed by atoms with Crippen LogP contribution in [0.1, 0.15) is 19.3 Å². The molecule has 0 aromatic heterocycles. The maximum atomic E-state index is 9.68. The van der Waals surface area contributed by atoms with Crippen LogP contribution in [-0.4, -0.2) is 57.6 Å². The summed E-state index contributed by atoms with van der Waals surface area (Å²) in [6.07, 6.45) is -1.07. The fraction of sp³-hybridized carbons (Fsp3) is 0.818. The predicted molar refractivity (Wildman–Crippen MR) is 57.8 cm³/mol. The lowest BCUT2D eigenvalue weighted by molar-refractivity contribution is -0.230. The van der Waals surface area contributed by atoms with Gasteiger partial charge in [0.25, 0.3) is 0 Å². The molecule has 0 aromatic rings. The summed E-state index contributed by atoms with van der Waals surface area (Å²) >= 11 is 0. The number of allylic oxidation sites excluding steroid dienone is 1. The van der Waals surface area contributed by atoms with E-state index in [-0.39, 0.29) is 6.61 Å². The summed E-state index contributed by atoms with van der Waals surface area (Å²) in [6.45, 7) is 3.22. The van der Waals surface area contributed by atoms with Crippen LogP contribution in [0.5, 0.6) is 0 Å². The van der Waals surface area contributed by atoms with Crippen LogP contribution in [-0.2, 0) is 4.74 Å². The van der Waals surface area contributed by atoms with Gasteiger partial charge in [-0.3, -0.25) is 0 Å². The van der Waals surface area contributed by atoms with Gasteiger partial charge < -0.3 is 25.2 Å². The van der Waals surface area contributed by atoms with Crippen molar-refractivity contribution in [2.75, 3.05) is 6.61 Å². The van der Waals surface area contributed by atoms with Crippen LogP contribution >= 0.6 is 0 Å². The number of unbranched alkanes of at least 4 members (excludes halogenated alkanes) is 1. The zero-order chi connectivity index (χ0) is 12.1. The van der Waals surface area contributed by atoms with Crippen LogP contribution in [0, 0.1) is 0 Å². The molecule has 1 fully saturated rings. The van der Waals surface area contributed by atoms with Crippen molar-refractivity contribution in [3.8, 4) is 0 Å². The summed E-state index contributed by atoms with van der Waals surface area (Å²) in [7, 11) is 0. The zero-order valence-corrected chi connectivity index (χ0v) is 9.20. The van der Waals surface area contributed by atoms with E-state index in [1.807, 2.05) is 0 Å². The lowest BCUT2D eigenvalue weighted by Gasteiger charge is -2.40. The second kappa shape index (κ2) is 6.32. The fourth-order valence-corrected chi connectivity index (χ4v) is 1.88. The van der Waals surface area contributed by atoms with Gasteiger partial charge in [-0.25, -0.2) is 0 Å². The first kappa shape index (κ1) is 13.6. The molecular formula is C11H20O5. The van der Waals surface area contributed by atoms with E-state index in [2.05, 4.69) is 6.58 Å². The summed E-state index contributed by atoms with van der Waals surface area (Å²) in [5, 5.41) is 37.7. The van der Waals surface area contributed by atoms with Gasteiger partial charge in [0, 0.05) is 0 Å². The van der Waals surface area contributed by atoms with Crippen molar-refractivity contribution in [1.29, 1.82) is 0 Å². The van der Waals surface area contributed by atoms with Gasteiger partial charge in [0.1, 0.15) is 24.4 Å². The Morgan fingerprint density at radius 2 is 1.69 bits per heavy atom. The molecule has 5 nitrogen and oxygen atoms in total. The van der Waals surface area contributed by atoms with Gasteiger partial charge in [-0.05, 0) is 19.3 Å². The minimum absolute atomic E-state index is 0.372. The van der Waals surface area contributed by atoms with Crippen LogP contribution in [0.3, 0.4) is 0 Å². The van der Waals surface area contributed by atoms with Crippen LogP contribution < -0.4 is 0 Å². The van der Waals surface area contributed by atoms with E-state index < -0.39 is 30.5 Å². The van der Waals surface area contributed by atoms with Crippen LogP contribution in [0.4, 0.5) is 0 Å². The highest BCUT2D eigenvalue weighted by atomic mass is 16.5. The summed E-state index contributed by atoms with van der Waals surface area (Å²) in [5.74, 6) is 0. The van der Waals surface area contributed by atoms with Crippen molar-refractivity contribution in [2.45, 2.75) is 49.8 Å². The molecule has 5 atom stereocenters. The molecule has 1 saturated heterocycles. The summed E-state index contributed by atoms with van der Waals surface area (Å²) in [4.78, 5) is 0. The third-order valence-corrected chi connectivity index (χ3v) is 2.89. The number of hydrogen-bond acceptors (Lipinski definition) is 5. The first-order valence-corrected chi connectivity index (χ1v) is 5.53. The summed E-state index contributed by atoms with van der Waals surface area (Å²) < 4.78 is 5.33. The Hall–Kier alpha value is -0.460. The number of aliphatic hydroxyl groups is 4. The van der Waals surface area contributed by atoms with Gasteiger partial charge in [0.05, 0.1) is 12.7 Å². The Morgan fingerprint density at radius 1 is 1.06 bits per heavy atom. The number of rotatable bonds is 5. The highest BCUT2D eigenvalue weighted by Gasteiger charge is 2.42. The molecule has 1 aliphatic rings. The summed E-state index contributed by atoms with van der Waals surface area (Å²) in [5.41, 5.74) is 0. The molecule has 0 amide bonds. The maximum Gasteiger partial charge on any atom is 0.111 e. The van der Waals surface area contributed by atoms with E-state index in [4.69, 9.17) is 9.84 Å². The molecule has 94 valence electrons. The Balaban J connectivity index is 2.53. The Bertz CT molecular complexity index is 218. The average molecular weight is 232 g/mol. The number of ether oxygens (including phenoxy) is 1. The first-order valence-electron chi connectivity index (χ1n) is 5.53. The van der Waals surface area contributed by atoms with Gasteiger partial charge in [-0.2, -0.15) is 0 Å². The average Bonchev–Trinajstić information content (AvgIpc) is 2.29. The van der Waals surface area contributed by atoms with Crippen molar-refractivity contribution in [1.82, 2.24) is 0 Å². The van der Waals surface area contributed by atoms with E-state index in [9.17, 15) is 15.3 Å². The van der Waals surface area contributed by atoms with Crippen molar-refractivity contribution in [2.24, 2.45) is 0 Å². The van der Waals surface area contributed by atoms with Gasteiger partial charge in [0.2, 0.25) is 0 Å². The lowest BCUT2D eigenvalue weighted by Crippen LogP contribution is -2.58. The quantitative estimate of drug-likeness (QED) is 0.367. The van der Waals surface area contributed by atoms with Crippen LogP contribution in [0.2, 0.25) is 0 Å². The lowest BCUT2D eigenvalue weighted by atomic mass is 9.92. The molecule has 0 spiro atoms. The molecule has 0 radical (unpaired) electrons. The first-order chi connectivity index (χ1) is 7.61. The van der Waals surface area contributed by atoms with Gasteiger partial charge in [-0.15, -0.1) is 6.58 Å². The standard InChI is InChI=1S/C11H20O5/c1-2-3-4-5-7-9(13)11(15)10(14)8(6-12)16-7/h2,7-15H,1,3-6H2/t7-,8+,9-,10+,11+/m0/s1. The predicted octanol–water partition coefficient (Wildman–Crippen LogP) is -0.815. The molecular weight excluding hydrogens is 212 g/mol. The molecule has 0 unspecified atom stereocenters. The normalized spacial score (nSPS) is 39.6. The third-order valence-electron chi connectivity index (χ3n) is 2.89. The Morgan fingerprint density at radius 3 is 2.25 bits per heavy atom. The molecule has 16 heavy (non-hydrogen) atoms. The SMILES string of the molecule is C=CCCC[C@@H]1O[C@H](CO)[C@@H](O)[C@H](O)[C@H]1O. The molecule has 1 rings (SSSR count). The zero-order valence-electron chi connectivity index (χ0n) is 9.20. The fourth-order valence-electron chi connectivity index (χ4n) is 1.88. The second-order valence-corrected chi connectivity index (χ2v) is 4.09. The molecule has 0 bridgehead atoms. The molecule has 5 heteroatoms. The maximum absolute atomic E-state index is 9.68. The van der Waals surface area contributed by atoms with Gasteiger partial charge in [-0.1, -0.05) is 6.08 Å². The molecule has 0 saturated carbocycles. The Kier molecular flexibility index (Phi) is 5.37. The second-order valence-electron chi connectivity index (χ2n) is 4.09. The van der Waals surface area contributed by atoms with Gasteiger partial charge in [0.15, 0.2) is 0 Å². The molecule has 1 heterocycles. The topological polar surface area (TPSA) is 90.2 Å². The number of aliphatic hydroxyl groups excluding tert-OH is 4. The van der Waals surface area contributed by atoms with E-state index in [1.54, 1.807) is 6.08 Å². The smallest absolute Gasteiger partial charge is 0.111 e. The molecule has 0 aliphatic carbocycles. The van der Waals surface area contributed by atoms with Crippen LogP contribution in [0.25, 0.3) is 0 Å². The number of hydrogen-bond donors (Lipinski definition) is 4. The van der Waals surface area contributed by atoms with Crippen molar-refractivity contribution < 1.29 is 25.2 Å². The minimum Gasteiger partial charge on any atom is -0.394 e. The van der Waals surface area contributed by atoms with E-state index in [0.29, 0.717) is 6.42 Å². The molecule has 1 aliphatic heterocycles. The Labute approximate surface area is 95.0 Å². The monoisotopic (exact) mass is 232 g/mol. The molecule has 4 N–H and O–H groups in total. The van der Waals surface area contributed by atoms with Gasteiger partial charge >= 0.3 is 0 Å². The highest BCUT2D eigenvalue weighted by molar-refractivity contribution is 4.91.